The Labute approximate surface area is 105 Å². The molecule has 4 heteroatoms. The van der Waals surface area contributed by atoms with Crippen molar-refractivity contribution in [3.8, 4) is 11.3 Å². The number of aromatic nitrogens is 1. The minimum absolute atomic E-state index is 0.273. The molecule has 2 aromatic rings. The summed E-state index contributed by atoms with van der Waals surface area (Å²) in [5.74, 6) is 0.259. The number of hydrogen-bond donors (Lipinski definition) is 1. The maximum Gasteiger partial charge on any atom is 0.181 e. The SMILES string of the molecule is Cc1ccc(F)c(-c2ocnc2CNC2CC2)c1. The fraction of sp³-hybridized carbons (Fsp3) is 0.357. The minimum atomic E-state index is -0.273. The predicted octanol–water partition coefficient (Wildman–Crippen LogP) is 3.04. The lowest BCUT2D eigenvalue weighted by atomic mass is 10.1. The number of hydrogen-bond acceptors (Lipinski definition) is 3. The first-order chi connectivity index (χ1) is 8.74. The molecule has 3 rings (SSSR count). The van der Waals surface area contributed by atoms with Gasteiger partial charge in [0.2, 0.25) is 0 Å². The average Bonchev–Trinajstić information content (AvgIpc) is 3.08. The Morgan fingerprint density at radius 3 is 3.06 bits per heavy atom. The molecule has 0 spiro atoms. The maximum atomic E-state index is 13.8. The number of nitrogens with one attached hydrogen (secondary N) is 1. The number of rotatable bonds is 4. The third kappa shape index (κ3) is 2.29. The molecule has 1 aliphatic rings. The normalized spacial score (nSPS) is 15.0. The quantitative estimate of drug-likeness (QED) is 0.901. The van der Waals surface area contributed by atoms with Crippen LogP contribution in [0.15, 0.2) is 29.0 Å². The summed E-state index contributed by atoms with van der Waals surface area (Å²) in [6, 6.07) is 5.59. The Hall–Kier alpha value is -1.68. The fourth-order valence-corrected chi connectivity index (χ4v) is 1.96. The fourth-order valence-electron chi connectivity index (χ4n) is 1.96. The average molecular weight is 246 g/mol. The van der Waals surface area contributed by atoms with Gasteiger partial charge in [-0.25, -0.2) is 9.37 Å². The third-order valence-corrected chi connectivity index (χ3v) is 3.14. The standard InChI is InChI=1S/C14H15FN2O/c1-9-2-5-12(15)11(6-9)14-13(17-8-18-14)7-16-10-3-4-10/h2,5-6,8,10,16H,3-4,7H2,1H3. The highest BCUT2D eigenvalue weighted by Crippen LogP contribution is 2.27. The summed E-state index contributed by atoms with van der Waals surface area (Å²) in [7, 11) is 0. The van der Waals surface area contributed by atoms with Crippen LogP contribution in [-0.2, 0) is 6.54 Å². The van der Waals surface area contributed by atoms with Crippen LogP contribution in [0.25, 0.3) is 11.3 Å². The van der Waals surface area contributed by atoms with E-state index in [1.165, 1.54) is 25.3 Å². The van der Waals surface area contributed by atoms with Gasteiger partial charge in [-0.15, -0.1) is 0 Å². The molecule has 94 valence electrons. The van der Waals surface area contributed by atoms with Crippen molar-refractivity contribution in [1.29, 1.82) is 0 Å². The summed E-state index contributed by atoms with van der Waals surface area (Å²) in [6.45, 7) is 2.56. The van der Waals surface area contributed by atoms with Gasteiger partial charge in [0.15, 0.2) is 12.2 Å². The number of oxazole rings is 1. The molecular formula is C14H15FN2O. The zero-order valence-corrected chi connectivity index (χ0v) is 10.2. The van der Waals surface area contributed by atoms with Crippen LogP contribution in [0.5, 0.6) is 0 Å². The van der Waals surface area contributed by atoms with Crippen molar-refractivity contribution in [3.63, 3.8) is 0 Å². The van der Waals surface area contributed by atoms with E-state index >= 15 is 0 Å². The van der Waals surface area contributed by atoms with E-state index in [-0.39, 0.29) is 5.82 Å². The summed E-state index contributed by atoms with van der Waals surface area (Å²) in [4.78, 5) is 4.17. The molecule has 1 N–H and O–H groups in total. The van der Waals surface area contributed by atoms with Gasteiger partial charge in [-0.3, -0.25) is 0 Å². The van der Waals surface area contributed by atoms with Crippen molar-refractivity contribution in [2.45, 2.75) is 32.4 Å². The Morgan fingerprint density at radius 2 is 2.28 bits per heavy atom. The molecule has 1 aliphatic carbocycles. The molecule has 0 atom stereocenters. The molecule has 1 aromatic carbocycles. The van der Waals surface area contributed by atoms with E-state index < -0.39 is 0 Å². The minimum Gasteiger partial charge on any atom is -0.443 e. The van der Waals surface area contributed by atoms with E-state index in [1.807, 2.05) is 6.92 Å². The number of aryl methyl sites for hydroxylation is 1. The van der Waals surface area contributed by atoms with Gasteiger partial charge >= 0.3 is 0 Å². The summed E-state index contributed by atoms with van der Waals surface area (Å²) < 4.78 is 19.2. The van der Waals surface area contributed by atoms with Gasteiger partial charge in [0, 0.05) is 12.6 Å². The Bertz CT molecular complexity index is 561. The molecule has 18 heavy (non-hydrogen) atoms. The molecule has 1 saturated carbocycles. The summed E-state index contributed by atoms with van der Waals surface area (Å²) in [5.41, 5.74) is 2.26. The van der Waals surface area contributed by atoms with Gasteiger partial charge in [0.1, 0.15) is 11.5 Å². The van der Waals surface area contributed by atoms with Crippen LogP contribution in [0.3, 0.4) is 0 Å². The lowest BCUT2D eigenvalue weighted by Crippen LogP contribution is -2.16. The van der Waals surface area contributed by atoms with E-state index in [9.17, 15) is 4.39 Å². The van der Waals surface area contributed by atoms with E-state index in [0.717, 1.165) is 11.3 Å². The molecule has 3 nitrogen and oxygen atoms in total. The zero-order valence-electron chi connectivity index (χ0n) is 10.2. The van der Waals surface area contributed by atoms with E-state index in [4.69, 9.17) is 4.42 Å². The Kier molecular flexibility index (Phi) is 2.88. The molecule has 1 aromatic heterocycles. The van der Waals surface area contributed by atoms with Crippen molar-refractivity contribution in [2.24, 2.45) is 0 Å². The van der Waals surface area contributed by atoms with Crippen LogP contribution in [0.1, 0.15) is 24.1 Å². The van der Waals surface area contributed by atoms with Crippen molar-refractivity contribution in [2.75, 3.05) is 0 Å². The van der Waals surface area contributed by atoms with Gasteiger partial charge in [0.05, 0.1) is 5.56 Å². The van der Waals surface area contributed by atoms with Gasteiger partial charge < -0.3 is 9.73 Å². The van der Waals surface area contributed by atoms with Gasteiger partial charge in [0.25, 0.3) is 0 Å². The van der Waals surface area contributed by atoms with Crippen LogP contribution in [-0.4, -0.2) is 11.0 Å². The summed E-state index contributed by atoms with van der Waals surface area (Å²) in [6.07, 6.45) is 3.80. The summed E-state index contributed by atoms with van der Waals surface area (Å²) in [5, 5.41) is 3.36. The van der Waals surface area contributed by atoms with Crippen molar-refractivity contribution >= 4 is 0 Å². The highest BCUT2D eigenvalue weighted by Gasteiger charge is 2.22. The van der Waals surface area contributed by atoms with Gasteiger partial charge in [-0.2, -0.15) is 0 Å². The van der Waals surface area contributed by atoms with Crippen LogP contribution in [0, 0.1) is 12.7 Å². The first kappa shape index (κ1) is 11.4. The molecule has 0 aliphatic heterocycles. The second kappa shape index (κ2) is 4.53. The van der Waals surface area contributed by atoms with Gasteiger partial charge in [-0.05, 0) is 31.9 Å². The topological polar surface area (TPSA) is 38.1 Å². The molecule has 1 heterocycles. The van der Waals surface area contributed by atoms with Crippen molar-refractivity contribution < 1.29 is 8.81 Å². The summed E-state index contributed by atoms with van der Waals surface area (Å²) >= 11 is 0. The highest BCUT2D eigenvalue weighted by molar-refractivity contribution is 5.61. The highest BCUT2D eigenvalue weighted by atomic mass is 19.1. The van der Waals surface area contributed by atoms with Crippen molar-refractivity contribution in [1.82, 2.24) is 10.3 Å². The van der Waals surface area contributed by atoms with Crippen LogP contribution < -0.4 is 5.32 Å². The van der Waals surface area contributed by atoms with Crippen LogP contribution in [0.2, 0.25) is 0 Å². The first-order valence-electron chi connectivity index (χ1n) is 6.16. The number of halogens is 1. The van der Waals surface area contributed by atoms with Crippen LogP contribution in [0.4, 0.5) is 4.39 Å². The monoisotopic (exact) mass is 246 g/mol. The lowest BCUT2D eigenvalue weighted by Gasteiger charge is -2.05. The molecule has 0 unspecified atom stereocenters. The molecular weight excluding hydrogens is 231 g/mol. The molecule has 0 radical (unpaired) electrons. The maximum absolute atomic E-state index is 13.8. The van der Waals surface area contributed by atoms with Gasteiger partial charge in [-0.1, -0.05) is 11.6 Å². The van der Waals surface area contributed by atoms with E-state index in [2.05, 4.69) is 10.3 Å². The first-order valence-corrected chi connectivity index (χ1v) is 6.16. The second-order valence-corrected chi connectivity index (χ2v) is 4.77. The molecule has 1 fully saturated rings. The smallest absolute Gasteiger partial charge is 0.181 e. The number of nitrogens with zero attached hydrogens (tertiary/aromatic N) is 1. The lowest BCUT2D eigenvalue weighted by molar-refractivity contribution is 0.558. The van der Waals surface area contributed by atoms with Crippen LogP contribution >= 0.6 is 0 Å². The molecule has 0 amide bonds. The van der Waals surface area contributed by atoms with Crippen molar-refractivity contribution in [3.05, 3.63) is 41.7 Å². The molecule has 0 bridgehead atoms. The zero-order chi connectivity index (χ0) is 12.5. The predicted molar refractivity (Wildman–Crippen MR) is 66.5 cm³/mol. The van der Waals surface area contributed by atoms with E-state index in [1.54, 1.807) is 12.1 Å². The second-order valence-electron chi connectivity index (χ2n) is 4.77. The third-order valence-electron chi connectivity index (χ3n) is 3.14. The Morgan fingerprint density at radius 1 is 1.44 bits per heavy atom. The number of benzene rings is 1. The largest absolute Gasteiger partial charge is 0.443 e. The molecule has 0 saturated heterocycles. The Balaban J connectivity index is 1.90. The van der Waals surface area contributed by atoms with E-state index in [0.29, 0.717) is 23.9 Å².